The summed E-state index contributed by atoms with van der Waals surface area (Å²) in [6.07, 6.45) is 9.62. The first-order chi connectivity index (χ1) is 31.4. The van der Waals surface area contributed by atoms with Crippen LogP contribution in [0, 0.1) is 0 Å². The molecule has 11 rings (SSSR count). The molecule has 0 saturated carbocycles. The third-order valence-corrected chi connectivity index (χ3v) is 14.3. The summed E-state index contributed by atoms with van der Waals surface area (Å²) < 4.78 is 2.58. The summed E-state index contributed by atoms with van der Waals surface area (Å²) in [5, 5.41) is 6.63. The number of hydrogen-bond donors (Lipinski definition) is 1. The Bertz CT molecular complexity index is 3210. The van der Waals surface area contributed by atoms with Crippen LogP contribution in [0.4, 0.5) is 11.4 Å². The Morgan fingerprint density at radius 1 is 0.516 bits per heavy atom. The Kier molecular flexibility index (Phi) is 10.4. The monoisotopic (exact) mass is 827 g/mol. The molecule has 0 atom stereocenters. The maximum atomic E-state index is 4.05. The van der Waals surface area contributed by atoms with Crippen LogP contribution in [-0.4, -0.2) is 11.8 Å². The van der Waals surface area contributed by atoms with Crippen molar-refractivity contribution in [1.82, 2.24) is 4.57 Å². The van der Waals surface area contributed by atoms with Gasteiger partial charge in [0.25, 0.3) is 0 Å². The average Bonchev–Trinajstić information content (AvgIpc) is 3.79. The van der Waals surface area contributed by atoms with Crippen LogP contribution >= 0.6 is 0 Å². The van der Waals surface area contributed by atoms with Crippen molar-refractivity contribution in [1.29, 1.82) is 0 Å². The number of unbranched alkanes of at least 4 members (excludes halogenated alkanes) is 4. The predicted octanol–water partition coefficient (Wildman–Crippen LogP) is 15.3. The van der Waals surface area contributed by atoms with Crippen LogP contribution in [0.2, 0.25) is 0 Å². The van der Waals surface area contributed by atoms with E-state index in [0.29, 0.717) is 0 Å². The highest BCUT2D eigenvalue weighted by Crippen LogP contribution is 2.53. The van der Waals surface area contributed by atoms with E-state index in [1.54, 1.807) is 0 Å². The normalized spacial score (nSPS) is 13.1. The minimum Gasteiger partial charge on any atom is -0.355 e. The first-order valence-corrected chi connectivity index (χ1v) is 23.8. The SMILES string of the molecule is CCCCCc1ccc(Nc2cc3c(cc2-c2cc(-c4ccccc4-c4ccccc4)c4c5ccccc5n5c4c2[B]c2cc(CCCCC)ccc2-5)-c2ccccc2C3(C)C)cc1. The molecule has 0 bridgehead atoms. The fourth-order valence-corrected chi connectivity index (χ4v) is 11.0. The molecule has 1 radical (unpaired) electrons. The summed E-state index contributed by atoms with van der Waals surface area (Å²) in [5.74, 6) is 0. The summed E-state index contributed by atoms with van der Waals surface area (Å²) in [7, 11) is 2.52. The third kappa shape index (κ3) is 6.80. The highest BCUT2D eigenvalue weighted by molar-refractivity contribution is 6.73. The van der Waals surface area contributed by atoms with Gasteiger partial charge < -0.3 is 9.88 Å². The maximum absolute atomic E-state index is 4.05. The Balaban J connectivity index is 1.21. The number of rotatable bonds is 13. The number of nitrogens with zero attached hydrogens (tertiary/aromatic N) is 1. The molecular weight excluding hydrogens is 771 g/mol. The fourth-order valence-electron chi connectivity index (χ4n) is 11.0. The Labute approximate surface area is 380 Å². The van der Waals surface area contributed by atoms with Crippen molar-refractivity contribution in [3.05, 3.63) is 186 Å². The van der Waals surface area contributed by atoms with Crippen LogP contribution < -0.4 is 16.2 Å². The van der Waals surface area contributed by atoms with E-state index in [0.717, 1.165) is 24.2 Å². The van der Waals surface area contributed by atoms with Crippen molar-refractivity contribution in [2.45, 2.75) is 84.5 Å². The van der Waals surface area contributed by atoms with Crippen molar-refractivity contribution in [2.24, 2.45) is 0 Å². The zero-order chi connectivity index (χ0) is 43.4. The highest BCUT2D eigenvalue weighted by Gasteiger charge is 2.37. The third-order valence-electron chi connectivity index (χ3n) is 14.3. The average molecular weight is 828 g/mol. The lowest BCUT2D eigenvalue weighted by atomic mass is 9.58. The Morgan fingerprint density at radius 2 is 1.17 bits per heavy atom. The number of hydrogen-bond acceptors (Lipinski definition) is 1. The minimum atomic E-state index is -0.145. The number of anilines is 2. The lowest BCUT2D eigenvalue weighted by Gasteiger charge is -2.27. The molecule has 64 heavy (non-hydrogen) atoms. The molecule has 2 aliphatic rings. The van der Waals surface area contributed by atoms with Crippen LogP contribution in [0.3, 0.4) is 0 Å². The molecule has 1 N–H and O–H groups in total. The van der Waals surface area contributed by atoms with Crippen LogP contribution in [0.25, 0.3) is 72.0 Å². The second-order valence-corrected chi connectivity index (χ2v) is 18.8. The van der Waals surface area contributed by atoms with Gasteiger partial charge in [0.15, 0.2) is 7.28 Å². The van der Waals surface area contributed by atoms with Gasteiger partial charge in [0.05, 0.1) is 5.52 Å². The van der Waals surface area contributed by atoms with Crippen LogP contribution in [-0.2, 0) is 18.3 Å². The van der Waals surface area contributed by atoms with E-state index < -0.39 is 0 Å². The summed E-state index contributed by atoms with van der Waals surface area (Å²) in [6.45, 7) is 9.35. The minimum absolute atomic E-state index is 0.145. The molecule has 8 aromatic carbocycles. The zero-order valence-electron chi connectivity index (χ0n) is 37.8. The Morgan fingerprint density at radius 3 is 1.95 bits per heavy atom. The largest absolute Gasteiger partial charge is 0.355 e. The van der Waals surface area contributed by atoms with Gasteiger partial charge in [-0.1, -0.05) is 180 Å². The van der Waals surface area contributed by atoms with E-state index in [4.69, 9.17) is 0 Å². The lowest BCUT2D eigenvalue weighted by Crippen LogP contribution is -2.37. The number of aromatic nitrogens is 1. The second-order valence-electron chi connectivity index (χ2n) is 18.8. The van der Waals surface area contributed by atoms with Crippen LogP contribution in [0.15, 0.2) is 164 Å². The molecule has 9 aromatic rings. The summed E-state index contributed by atoms with van der Waals surface area (Å²) in [4.78, 5) is 0. The summed E-state index contributed by atoms with van der Waals surface area (Å²) >= 11 is 0. The summed E-state index contributed by atoms with van der Waals surface area (Å²) in [5.41, 5.74) is 24.0. The van der Waals surface area contributed by atoms with Gasteiger partial charge in [0.2, 0.25) is 0 Å². The lowest BCUT2D eigenvalue weighted by molar-refractivity contribution is 0.660. The van der Waals surface area contributed by atoms with E-state index in [9.17, 15) is 0 Å². The molecule has 1 aliphatic carbocycles. The molecule has 3 heteroatoms. The van der Waals surface area contributed by atoms with Crippen molar-refractivity contribution in [2.75, 3.05) is 5.32 Å². The first kappa shape index (κ1) is 40.2. The number of aryl methyl sites for hydroxylation is 2. The first-order valence-electron chi connectivity index (χ1n) is 23.8. The number of nitrogens with one attached hydrogen (secondary N) is 1. The molecule has 0 amide bonds. The molecule has 0 spiro atoms. The van der Waals surface area contributed by atoms with E-state index in [1.165, 1.54) is 144 Å². The van der Waals surface area contributed by atoms with Gasteiger partial charge in [-0.05, 0) is 135 Å². The maximum Gasteiger partial charge on any atom is 0.197 e. The van der Waals surface area contributed by atoms with Gasteiger partial charge in [-0.15, -0.1) is 0 Å². The molecule has 313 valence electrons. The van der Waals surface area contributed by atoms with Crippen molar-refractivity contribution in [3.8, 4) is 50.2 Å². The van der Waals surface area contributed by atoms with E-state index in [2.05, 4.69) is 209 Å². The molecule has 2 heterocycles. The van der Waals surface area contributed by atoms with Crippen LogP contribution in [0.1, 0.15) is 88.5 Å². The van der Waals surface area contributed by atoms with Gasteiger partial charge >= 0.3 is 0 Å². The Hall–Kier alpha value is -6.58. The molecule has 0 saturated heterocycles. The van der Waals surface area contributed by atoms with E-state index in [-0.39, 0.29) is 5.41 Å². The van der Waals surface area contributed by atoms with Gasteiger partial charge in [0, 0.05) is 44.3 Å². The predicted molar refractivity (Wildman–Crippen MR) is 276 cm³/mol. The van der Waals surface area contributed by atoms with Gasteiger partial charge in [-0.25, -0.2) is 0 Å². The van der Waals surface area contributed by atoms with E-state index >= 15 is 0 Å². The highest BCUT2D eigenvalue weighted by atomic mass is 15.0. The molecule has 1 aliphatic heterocycles. The number of para-hydroxylation sites is 1. The molecule has 0 fully saturated rings. The van der Waals surface area contributed by atoms with Crippen LogP contribution in [0.5, 0.6) is 0 Å². The molecule has 0 unspecified atom stereocenters. The van der Waals surface area contributed by atoms with Gasteiger partial charge in [0.1, 0.15) is 0 Å². The number of fused-ring (bicyclic) bond motifs is 8. The molecule has 2 nitrogen and oxygen atoms in total. The molecular formula is C61H56BN2. The molecule has 1 aromatic heterocycles. The van der Waals surface area contributed by atoms with Crippen molar-refractivity contribution in [3.63, 3.8) is 0 Å². The zero-order valence-corrected chi connectivity index (χ0v) is 37.8. The smallest absolute Gasteiger partial charge is 0.197 e. The quantitative estimate of drug-likeness (QED) is 0.0905. The van der Waals surface area contributed by atoms with Crippen molar-refractivity contribution >= 4 is 51.4 Å². The van der Waals surface area contributed by atoms with Gasteiger partial charge in [-0.3, -0.25) is 0 Å². The second kappa shape index (κ2) is 16.5. The standard InChI is InChI=1S/C61H56BN2/c1-5-7-10-20-40-30-33-43(34-31-40)63-55-39-53-48(46-26-16-18-28-52(46)61(53,3)4)37-49(55)51-38-50(45-25-15-14-24-44(45)42-22-12-9-13-23-42)58-47-27-17-19-29-56(47)64-57-35-32-41(21-11-8-6-2)36-54(57)62-59(51)60(58)64/h9,12-19,22-39,63H,5-8,10-11,20-21H2,1-4H3. The van der Waals surface area contributed by atoms with Crippen molar-refractivity contribution < 1.29 is 0 Å². The van der Waals surface area contributed by atoms with Gasteiger partial charge in [-0.2, -0.15) is 0 Å². The summed E-state index contributed by atoms with van der Waals surface area (Å²) in [6, 6.07) is 62.1. The fraction of sp³-hybridized carbons (Fsp3) is 0.213. The topological polar surface area (TPSA) is 17.0 Å². The number of benzene rings is 8. The van der Waals surface area contributed by atoms with E-state index in [1.807, 2.05) is 0 Å².